The zero-order valence-electron chi connectivity index (χ0n) is 13.8. The van der Waals surface area contributed by atoms with E-state index in [0.717, 1.165) is 11.4 Å². The first kappa shape index (κ1) is 17.9. The fraction of sp³-hybridized carbons (Fsp3) is 0.467. The Labute approximate surface area is 150 Å². The number of hydrogen-bond donors (Lipinski definition) is 1. The molecule has 3 heterocycles. The summed E-state index contributed by atoms with van der Waals surface area (Å²) in [5.41, 5.74) is 0. The van der Waals surface area contributed by atoms with E-state index < -0.39 is 10.0 Å². The van der Waals surface area contributed by atoms with Crippen molar-refractivity contribution in [3.63, 3.8) is 0 Å². The van der Waals surface area contributed by atoms with Crippen LogP contribution < -0.4 is 5.32 Å². The standard InChI is InChI=1S/C15H19N5O3S2/c1-2-13-18-19-15(24-13)17-14(21)11-5-8-20(9-6-11)25(22,23)12-4-3-7-16-10-12/h3-4,7,10-11H,2,5-6,8-9H2,1H3,(H,17,19,21). The van der Waals surface area contributed by atoms with Gasteiger partial charge in [0, 0.05) is 31.4 Å². The van der Waals surface area contributed by atoms with E-state index in [4.69, 9.17) is 0 Å². The first-order chi connectivity index (χ1) is 12.0. The Hall–Kier alpha value is -1.91. The zero-order valence-corrected chi connectivity index (χ0v) is 15.4. The average molecular weight is 381 g/mol. The smallest absolute Gasteiger partial charge is 0.244 e. The number of anilines is 1. The van der Waals surface area contributed by atoms with Gasteiger partial charge in [0.2, 0.25) is 21.1 Å². The number of hydrogen-bond acceptors (Lipinski definition) is 7. The van der Waals surface area contributed by atoms with Gasteiger partial charge in [0.15, 0.2) is 0 Å². The van der Waals surface area contributed by atoms with Crippen LogP contribution in [0.5, 0.6) is 0 Å². The summed E-state index contributed by atoms with van der Waals surface area (Å²) in [4.78, 5) is 16.4. The zero-order chi connectivity index (χ0) is 17.9. The second-order valence-corrected chi connectivity index (χ2v) is 8.71. The highest BCUT2D eigenvalue weighted by atomic mass is 32.2. The SMILES string of the molecule is CCc1nnc(NC(=O)C2CCN(S(=O)(=O)c3cccnc3)CC2)s1. The van der Waals surface area contributed by atoms with E-state index >= 15 is 0 Å². The first-order valence-electron chi connectivity index (χ1n) is 8.04. The molecule has 1 aliphatic heterocycles. The van der Waals surface area contributed by atoms with Crippen molar-refractivity contribution in [2.45, 2.75) is 31.1 Å². The Morgan fingerprint density at radius 1 is 1.36 bits per heavy atom. The number of carbonyl (C=O) groups is 1. The lowest BCUT2D eigenvalue weighted by atomic mass is 9.97. The van der Waals surface area contributed by atoms with Crippen molar-refractivity contribution in [1.82, 2.24) is 19.5 Å². The predicted octanol–water partition coefficient (Wildman–Crippen LogP) is 1.53. The predicted molar refractivity (Wildman–Crippen MR) is 93.6 cm³/mol. The number of rotatable bonds is 5. The quantitative estimate of drug-likeness (QED) is 0.842. The van der Waals surface area contributed by atoms with E-state index in [9.17, 15) is 13.2 Å². The molecule has 1 saturated heterocycles. The summed E-state index contributed by atoms with van der Waals surface area (Å²) < 4.78 is 26.5. The molecule has 0 aromatic carbocycles. The lowest BCUT2D eigenvalue weighted by Crippen LogP contribution is -2.41. The Balaban J connectivity index is 1.59. The first-order valence-corrected chi connectivity index (χ1v) is 10.3. The summed E-state index contributed by atoms with van der Waals surface area (Å²) in [5, 5.41) is 12.1. The van der Waals surface area contributed by atoms with E-state index in [0.29, 0.717) is 31.1 Å². The number of aryl methyl sites for hydroxylation is 1. The molecule has 1 fully saturated rings. The molecule has 1 aliphatic rings. The van der Waals surface area contributed by atoms with Gasteiger partial charge in [0.1, 0.15) is 9.90 Å². The van der Waals surface area contributed by atoms with Crippen LogP contribution in [0.2, 0.25) is 0 Å². The van der Waals surface area contributed by atoms with Gasteiger partial charge in [-0.3, -0.25) is 9.78 Å². The van der Waals surface area contributed by atoms with Gasteiger partial charge in [-0.15, -0.1) is 10.2 Å². The van der Waals surface area contributed by atoms with Gasteiger partial charge in [0.25, 0.3) is 0 Å². The summed E-state index contributed by atoms with van der Waals surface area (Å²) in [6.45, 7) is 2.60. The van der Waals surface area contributed by atoms with Crippen molar-refractivity contribution < 1.29 is 13.2 Å². The molecule has 0 bridgehead atoms. The molecule has 8 nitrogen and oxygen atoms in total. The normalized spacial score (nSPS) is 16.7. The number of aromatic nitrogens is 3. The number of pyridine rings is 1. The Kier molecular flexibility index (Phi) is 5.40. The van der Waals surface area contributed by atoms with Crippen LogP contribution in [-0.4, -0.2) is 46.9 Å². The maximum absolute atomic E-state index is 12.6. The summed E-state index contributed by atoms with van der Waals surface area (Å²) >= 11 is 1.36. The minimum absolute atomic E-state index is 0.128. The highest BCUT2D eigenvalue weighted by Gasteiger charge is 2.32. The Bertz CT molecular complexity index is 830. The van der Waals surface area contributed by atoms with Crippen LogP contribution in [-0.2, 0) is 21.2 Å². The highest BCUT2D eigenvalue weighted by molar-refractivity contribution is 7.89. The third-order valence-electron chi connectivity index (χ3n) is 4.10. The van der Waals surface area contributed by atoms with E-state index in [1.54, 1.807) is 6.07 Å². The Morgan fingerprint density at radius 3 is 2.72 bits per heavy atom. The van der Waals surface area contributed by atoms with Crippen LogP contribution in [0, 0.1) is 5.92 Å². The van der Waals surface area contributed by atoms with Gasteiger partial charge in [-0.1, -0.05) is 18.3 Å². The minimum atomic E-state index is -3.55. The lowest BCUT2D eigenvalue weighted by Gasteiger charge is -2.30. The van der Waals surface area contributed by atoms with E-state index in [1.807, 2.05) is 6.92 Å². The summed E-state index contributed by atoms with van der Waals surface area (Å²) in [5.74, 6) is -0.355. The van der Waals surface area contributed by atoms with Crippen LogP contribution in [0.25, 0.3) is 0 Å². The molecular formula is C15H19N5O3S2. The van der Waals surface area contributed by atoms with E-state index in [-0.39, 0.29) is 16.7 Å². The molecule has 1 N–H and O–H groups in total. The monoisotopic (exact) mass is 381 g/mol. The van der Waals surface area contributed by atoms with Crippen molar-refractivity contribution in [3.8, 4) is 0 Å². The fourth-order valence-corrected chi connectivity index (χ4v) is 4.78. The molecular weight excluding hydrogens is 362 g/mol. The van der Waals surface area contributed by atoms with Gasteiger partial charge in [-0.25, -0.2) is 8.42 Å². The number of nitrogens with zero attached hydrogens (tertiary/aromatic N) is 4. The Morgan fingerprint density at radius 2 is 2.12 bits per heavy atom. The summed E-state index contributed by atoms with van der Waals surface area (Å²) in [6.07, 6.45) is 4.61. The van der Waals surface area contributed by atoms with Gasteiger partial charge < -0.3 is 5.32 Å². The number of amides is 1. The number of carbonyl (C=O) groups excluding carboxylic acids is 1. The molecule has 1 amide bonds. The molecule has 0 spiro atoms. The molecule has 0 saturated carbocycles. The maximum Gasteiger partial charge on any atom is 0.244 e. The van der Waals surface area contributed by atoms with Crippen LogP contribution in [0.1, 0.15) is 24.8 Å². The molecule has 10 heteroatoms. The molecule has 0 aliphatic carbocycles. The van der Waals surface area contributed by atoms with E-state index in [2.05, 4.69) is 20.5 Å². The van der Waals surface area contributed by atoms with Crippen molar-refractivity contribution in [1.29, 1.82) is 0 Å². The molecule has 134 valence electrons. The van der Waals surface area contributed by atoms with Gasteiger partial charge in [0.05, 0.1) is 0 Å². The lowest BCUT2D eigenvalue weighted by molar-refractivity contribution is -0.120. The average Bonchev–Trinajstić information content (AvgIpc) is 3.10. The van der Waals surface area contributed by atoms with Crippen LogP contribution >= 0.6 is 11.3 Å². The molecule has 0 atom stereocenters. The highest BCUT2D eigenvalue weighted by Crippen LogP contribution is 2.25. The molecule has 0 unspecified atom stereocenters. The second-order valence-electron chi connectivity index (χ2n) is 5.71. The minimum Gasteiger partial charge on any atom is -0.300 e. The molecule has 2 aromatic heterocycles. The van der Waals surface area contributed by atoms with Crippen molar-refractivity contribution in [3.05, 3.63) is 29.5 Å². The van der Waals surface area contributed by atoms with E-state index in [1.165, 1.54) is 34.1 Å². The van der Waals surface area contributed by atoms with Gasteiger partial charge in [-0.05, 0) is 31.4 Å². The maximum atomic E-state index is 12.6. The summed E-state index contributed by atoms with van der Waals surface area (Å²) in [6, 6.07) is 3.13. The fourth-order valence-electron chi connectivity index (χ4n) is 2.66. The molecule has 0 radical (unpaired) electrons. The second kappa shape index (κ2) is 7.54. The van der Waals surface area contributed by atoms with Crippen LogP contribution in [0.3, 0.4) is 0 Å². The molecule has 2 aromatic rings. The third-order valence-corrected chi connectivity index (χ3v) is 6.96. The van der Waals surface area contributed by atoms with Gasteiger partial charge in [-0.2, -0.15) is 4.31 Å². The summed E-state index contributed by atoms with van der Waals surface area (Å²) in [7, 11) is -3.55. The van der Waals surface area contributed by atoms with Gasteiger partial charge >= 0.3 is 0 Å². The van der Waals surface area contributed by atoms with Crippen molar-refractivity contribution >= 4 is 32.4 Å². The van der Waals surface area contributed by atoms with Crippen molar-refractivity contribution in [2.75, 3.05) is 18.4 Å². The number of piperidine rings is 1. The molecule has 3 rings (SSSR count). The largest absolute Gasteiger partial charge is 0.300 e. The number of sulfonamides is 1. The van der Waals surface area contributed by atoms with Crippen molar-refractivity contribution in [2.24, 2.45) is 5.92 Å². The number of nitrogens with one attached hydrogen (secondary N) is 1. The van der Waals surface area contributed by atoms with Crippen LogP contribution in [0.4, 0.5) is 5.13 Å². The van der Waals surface area contributed by atoms with Crippen LogP contribution in [0.15, 0.2) is 29.4 Å². The molecule has 25 heavy (non-hydrogen) atoms. The topological polar surface area (TPSA) is 105 Å². The third kappa shape index (κ3) is 4.02.